The highest BCUT2D eigenvalue weighted by Crippen LogP contribution is 2.17. The fourth-order valence-electron chi connectivity index (χ4n) is 2.51. The monoisotopic (exact) mass is 268 g/mol. The van der Waals surface area contributed by atoms with Crippen molar-refractivity contribution in [1.82, 2.24) is 10.2 Å². The minimum absolute atomic E-state index is 0.390. The summed E-state index contributed by atoms with van der Waals surface area (Å²) in [6.45, 7) is 6.33. The molecule has 0 bridgehead atoms. The Morgan fingerprint density at radius 2 is 2.39 bits per heavy atom. The van der Waals surface area contributed by atoms with E-state index in [9.17, 15) is 0 Å². The van der Waals surface area contributed by atoms with Crippen LogP contribution in [0.2, 0.25) is 0 Å². The van der Waals surface area contributed by atoms with Crippen molar-refractivity contribution in [1.29, 1.82) is 0 Å². The number of hydrogen-bond donors (Lipinski definition) is 1. The van der Waals surface area contributed by atoms with Gasteiger partial charge in [-0.3, -0.25) is 4.90 Å². The molecule has 2 atom stereocenters. The van der Waals surface area contributed by atoms with E-state index in [1.54, 1.807) is 11.3 Å². The molecule has 102 valence electrons. The summed E-state index contributed by atoms with van der Waals surface area (Å²) in [6, 6.07) is 2.81. The molecule has 1 fully saturated rings. The summed E-state index contributed by atoms with van der Waals surface area (Å²) in [4.78, 5) is 2.43. The van der Waals surface area contributed by atoms with E-state index in [4.69, 9.17) is 4.74 Å². The average Bonchev–Trinajstić information content (AvgIpc) is 2.99. The van der Waals surface area contributed by atoms with Crippen molar-refractivity contribution >= 4 is 11.3 Å². The van der Waals surface area contributed by atoms with Crippen molar-refractivity contribution in [2.75, 3.05) is 33.3 Å². The largest absolute Gasteiger partial charge is 0.377 e. The van der Waals surface area contributed by atoms with Crippen LogP contribution in [0.15, 0.2) is 16.8 Å². The molecule has 0 spiro atoms. The van der Waals surface area contributed by atoms with E-state index in [2.05, 4.69) is 41.0 Å². The summed E-state index contributed by atoms with van der Waals surface area (Å²) in [5.41, 5.74) is 1.44. The van der Waals surface area contributed by atoms with Crippen molar-refractivity contribution in [2.45, 2.75) is 31.9 Å². The van der Waals surface area contributed by atoms with Gasteiger partial charge in [-0.05, 0) is 55.7 Å². The van der Waals surface area contributed by atoms with Gasteiger partial charge in [0.15, 0.2) is 0 Å². The van der Waals surface area contributed by atoms with Gasteiger partial charge in [0.2, 0.25) is 0 Å². The van der Waals surface area contributed by atoms with Crippen molar-refractivity contribution in [3.8, 4) is 0 Å². The van der Waals surface area contributed by atoms with Gasteiger partial charge in [-0.25, -0.2) is 0 Å². The first kappa shape index (κ1) is 14.0. The minimum Gasteiger partial charge on any atom is -0.377 e. The molecule has 3 nitrogen and oxygen atoms in total. The summed E-state index contributed by atoms with van der Waals surface area (Å²) < 4.78 is 5.60. The van der Waals surface area contributed by atoms with Crippen LogP contribution in [0, 0.1) is 0 Å². The Hall–Kier alpha value is -0.420. The predicted octanol–water partition coefficient (Wildman–Crippen LogP) is 1.99. The Labute approximate surface area is 114 Å². The van der Waals surface area contributed by atoms with Crippen LogP contribution in [-0.4, -0.2) is 50.3 Å². The second-order valence-corrected chi connectivity index (χ2v) is 5.82. The summed E-state index contributed by atoms with van der Waals surface area (Å²) in [7, 11) is 2.20. The fraction of sp³-hybridized carbons (Fsp3) is 0.714. The molecule has 0 saturated carbocycles. The Morgan fingerprint density at radius 1 is 1.50 bits per heavy atom. The lowest BCUT2D eigenvalue weighted by Gasteiger charge is -2.26. The number of nitrogens with zero attached hydrogens (tertiary/aromatic N) is 1. The second-order valence-electron chi connectivity index (χ2n) is 5.04. The van der Waals surface area contributed by atoms with E-state index in [-0.39, 0.29) is 0 Å². The molecule has 1 aliphatic rings. The van der Waals surface area contributed by atoms with Gasteiger partial charge in [0.05, 0.1) is 6.10 Å². The first-order valence-electron chi connectivity index (χ1n) is 6.81. The zero-order valence-corrected chi connectivity index (χ0v) is 12.2. The summed E-state index contributed by atoms with van der Waals surface area (Å²) in [5.74, 6) is 0. The molecule has 1 N–H and O–H groups in total. The smallest absolute Gasteiger partial charge is 0.0702 e. The number of ether oxygens (including phenoxy) is 1. The van der Waals surface area contributed by atoms with Crippen molar-refractivity contribution in [2.24, 2.45) is 0 Å². The van der Waals surface area contributed by atoms with Crippen LogP contribution < -0.4 is 5.32 Å². The lowest BCUT2D eigenvalue weighted by molar-refractivity contribution is 0.0840. The maximum atomic E-state index is 5.60. The molecule has 0 aromatic carbocycles. The normalized spacial score (nSPS) is 23.9. The van der Waals surface area contributed by atoms with E-state index in [0.29, 0.717) is 12.1 Å². The van der Waals surface area contributed by atoms with Gasteiger partial charge in [0, 0.05) is 25.7 Å². The summed E-state index contributed by atoms with van der Waals surface area (Å²) in [6.07, 6.45) is 2.70. The number of likely N-dealkylation sites (N-methyl/N-ethyl adjacent to an activating group) is 1. The number of nitrogens with one attached hydrogen (secondary N) is 1. The molecule has 0 amide bonds. The fourth-order valence-corrected chi connectivity index (χ4v) is 3.22. The molecule has 2 unspecified atom stereocenters. The molecule has 2 heterocycles. The molecule has 1 saturated heterocycles. The molecule has 2 rings (SSSR count). The standard InChI is InChI=1S/C14H24N2OS/c1-12-14(4-9-17-12)16(2)8-7-15-6-3-13-5-10-18-11-13/h5,10-12,14-15H,3-4,6-9H2,1-2H3. The highest BCUT2D eigenvalue weighted by molar-refractivity contribution is 7.07. The Balaban J connectivity index is 1.55. The lowest BCUT2D eigenvalue weighted by Crippen LogP contribution is -2.40. The molecule has 18 heavy (non-hydrogen) atoms. The summed E-state index contributed by atoms with van der Waals surface area (Å²) >= 11 is 1.78. The van der Waals surface area contributed by atoms with Crippen LogP contribution in [0.5, 0.6) is 0 Å². The molecule has 0 aliphatic carbocycles. The molecule has 1 aromatic heterocycles. The first-order valence-corrected chi connectivity index (χ1v) is 7.75. The van der Waals surface area contributed by atoms with E-state index < -0.39 is 0 Å². The number of thiophene rings is 1. The molecular formula is C14H24N2OS. The quantitative estimate of drug-likeness (QED) is 0.765. The van der Waals surface area contributed by atoms with Crippen LogP contribution in [-0.2, 0) is 11.2 Å². The van der Waals surface area contributed by atoms with Gasteiger partial charge in [-0.1, -0.05) is 0 Å². The maximum Gasteiger partial charge on any atom is 0.0702 e. The SMILES string of the molecule is CC1OCCC1N(C)CCNCCc1ccsc1. The zero-order chi connectivity index (χ0) is 12.8. The Morgan fingerprint density at radius 3 is 3.06 bits per heavy atom. The van der Waals surface area contributed by atoms with Crippen LogP contribution in [0.3, 0.4) is 0 Å². The number of hydrogen-bond acceptors (Lipinski definition) is 4. The zero-order valence-electron chi connectivity index (χ0n) is 11.4. The Kier molecular flexibility index (Phi) is 5.63. The highest BCUT2D eigenvalue weighted by Gasteiger charge is 2.27. The maximum absolute atomic E-state index is 5.60. The van der Waals surface area contributed by atoms with E-state index in [0.717, 1.165) is 32.7 Å². The molecule has 0 radical (unpaired) electrons. The first-order chi connectivity index (χ1) is 8.77. The average molecular weight is 268 g/mol. The van der Waals surface area contributed by atoms with Gasteiger partial charge < -0.3 is 10.1 Å². The topological polar surface area (TPSA) is 24.5 Å². The Bertz CT molecular complexity index is 329. The number of rotatable bonds is 7. The van der Waals surface area contributed by atoms with E-state index >= 15 is 0 Å². The van der Waals surface area contributed by atoms with Crippen molar-refractivity contribution in [3.63, 3.8) is 0 Å². The third-order valence-electron chi connectivity index (χ3n) is 3.71. The molecule has 1 aromatic rings. The van der Waals surface area contributed by atoms with Gasteiger partial charge >= 0.3 is 0 Å². The van der Waals surface area contributed by atoms with Crippen molar-refractivity contribution < 1.29 is 4.74 Å². The van der Waals surface area contributed by atoms with E-state index in [1.807, 2.05) is 0 Å². The van der Waals surface area contributed by atoms with Crippen LogP contribution in [0.25, 0.3) is 0 Å². The molecule has 4 heteroatoms. The van der Waals surface area contributed by atoms with Gasteiger partial charge in [-0.15, -0.1) is 0 Å². The van der Waals surface area contributed by atoms with Crippen molar-refractivity contribution in [3.05, 3.63) is 22.4 Å². The second kappa shape index (κ2) is 7.24. The lowest BCUT2D eigenvalue weighted by atomic mass is 10.1. The van der Waals surface area contributed by atoms with Crippen LogP contribution in [0.4, 0.5) is 0 Å². The highest BCUT2D eigenvalue weighted by atomic mass is 32.1. The third kappa shape index (κ3) is 4.05. The molecular weight excluding hydrogens is 244 g/mol. The molecule has 1 aliphatic heterocycles. The van der Waals surface area contributed by atoms with Crippen LogP contribution in [0.1, 0.15) is 18.9 Å². The van der Waals surface area contributed by atoms with E-state index in [1.165, 1.54) is 12.0 Å². The predicted molar refractivity (Wildman–Crippen MR) is 77.3 cm³/mol. The van der Waals surface area contributed by atoms with Gasteiger partial charge in [0.25, 0.3) is 0 Å². The van der Waals surface area contributed by atoms with Crippen LogP contribution >= 0.6 is 11.3 Å². The van der Waals surface area contributed by atoms with Gasteiger partial charge in [-0.2, -0.15) is 11.3 Å². The third-order valence-corrected chi connectivity index (χ3v) is 4.45. The summed E-state index contributed by atoms with van der Waals surface area (Å²) in [5, 5.41) is 7.89. The minimum atomic E-state index is 0.390. The van der Waals surface area contributed by atoms with Gasteiger partial charge in [0.1, 0.15) is 0 Å².